The van der Waals surface area contributed by atoms with Gasteiger partial charge in [0.15, 0.2) is 0 Å². The van der Waals surface area contributed by atoms with E-state index in [9.17, 15) is 18.0 Å². The number of hydrogen-bond acceptors (Lipinski definition) is 1. The van der Waals surface area contributed by atoms with E-state index in [1.165, 1.54) is 0 Å². The van der Waals surface area contributed by atoms with Gasteiger partial charge in [0.2, 0.25) is 0 Å². The van der Waals surface area contributed by atoms with E-state index >= 15 is 0 Å². The molecule has 9 atom stereocenters. The van der Waals surface area contributed by atoms with Gasteiger partial charge in [-0.3, -0.25) is 4.79 Å². The summed E-state index contributed by atoms with van der Waals surface area (Å²) in [7, 11) is 0. The molecular formula is C24H39F3O. The van der Waals surface area contributed by atoms with Crippen LogP contribution in [-0.2, 0) is 4.79 Å². The summed E-state index contributed by atoms with van der Waals surface area (Å²) in [4.78, 5) is 12.3. The number of alkyl halides is 3. The fraction of sp³-hybridized carbons (Fsp3) is 0.958. The van der Waals surface area contributed by atoms with Gasteiger partial charge in [-0.15, -0.1) is 0 Å². The zero-order valence-electron chi connectivity index (χ0n) is 18.3. The quantitative estimate of drug-likeness (QED) is 0.451. The molecule has 1 nitrogen and oxygen atoms in total. The van der Waals surface area contributed by atoms with Gasteiger partial charge in [0.05, 0.1) is 5.92 Å². The predicted molar refractivity (Wildman–Crippen MR) is 107 cm³/mol. The van der Waals surface area contributed by atoms with Gasteiger partial charge in [0, 0.05) is 5.92 Å². The number of carbonyl (C=O) groups excluding carboxylic acids is 1. The Balaban J connectivity index is 0.00000109. The van der Waals surface area contributed by atoms with Crippen LogP contribution in [0.15, 0.2) is 0 Å². The summed E-state index contributed by atoms with van der Waals surface area (Å²) in [6.45, 7) is 10.4. The first-order valence-electron chi connectivity index (χ1n) is 11.7. The van der Waals surface area contributed by atoms with Crippen molar-refractivity contribution in [1.29, 1.82) is 0 Å². The fourth-order valence-corrected chi connectivity index (χ4v) is 8.32. The molecule has 0 saturated heterocycles. The maximum absolute atomic E-state index is 13.2. The molecule has 8 unspecified atom stereocenters. The van der Waals surface area contributed by atoms with E-state index in [0.717, 1.165) is 38.5 Å². The summed E-state index contributed by atoms with van der Waals surface area (Å²) < 4.78 is 39.6. The van der Waals surface area contributed by atoms with E-state index in [2.05, 4.69) is 13.8 Å². The summed E-state index contributed by atoms with van der Waals surface area (Å²) >= 11 is 0. The van der Waals surface area contributed by atoms with Gasteiger partial charge in [-0.05, 0) is 99.2 Å². The monoisotopic (exact) mass is 400 g/mol. The van der Waals surface area contributed by atoms with Crippen molar-refractivity contribution in [3.63, 3.8) is 0 Å². The molecule has 28 heavy (non-hydrogen) atoms. The molecule has 0 aromatic rings. The standard InChI is InChI=1S/C22H33F3O.C2H6/c1-12-10-19(13(2)26)21(3)9-8-17-16-7-5-15(22(23,24)25)11-14(16)4-6-18(17)20(12)21;1-2/h12,14-20H,4-11H2,1-3H3;1-2H3/t12?,14?,15?,16-,17?,18?,19?,20?,21?;/m0./s1. The van der Waals surface area contributed by atoms with Crippen molar-refractivity contribution in [2.45, 2.75) is 92.2 Å². The van der Waals surface area contributed by atoms with Crippen molar-refractivity contribution >= 4 is 5.78 Å². The normalized spacial score (nSPS) is 47.9. The van der Waals surface area contributed by atoms with Crippen molar-refractivity contribution in [1.82, 2.24) is 0 Å². The third-order valence-corrected chi connectivity index (χ3v) is 9.22. The van der Waals surface area contributed by atoms with Gasteiger partial charge in [0.1, 0.15) is 5.78 Å². The Morgan fingerprint density at radius 3 is 2.18 bits per heavy atom. The highest BCUT2D eigenvalue weighted by Crippen LogP contribution is 2.66. The Labute approximate surface area is 169 Å². The van der Waals surface area contributed by atoms with Gasteiger partial charge in [0.25, 0.3) is 0 Å². The number of fused-ring (bicyclic) bond motifs is 5. The summed E-state index contributed by atoms with van der Waals surface area (Å²) in [5.41, 5.74) is 0.127. The van der Waals surface area contributed by atoms with E-state index in [1.807, 2.05) is 13.8 Å². The fourth-order valence-electron chi connectivity index (χ4n) is 8.32. The zero-order valence-corrected chi connectivity index (χ0v) is 18.3. The Morgan fingerprint density at radius 1 is 0.929 bits per heavy atom. The number of hydrogen-bond donors (Lipinski definition) is 0. The first kappa shape index (κ1) is 22.2. The van der Waals surface area contributed by atoms with E-state index in [0.29, 0.717) is 48.2 Å². The number of rotatable bonds is 1. The second-order valence-corrected chi connectivity index (χ2v) is 10.3. The number of ketones is 1. The lowest BCUT2D eigenvalue weighted by Crippen LogP contribution is -2.50. The Bertz CT molecular complexity index is 571. The Hall–Kier alpha value is -0.540. The average molecular weight is 401 g/mol. The average Bonchev–Trinajstić information content (AvgIpc) is 2.93. The van der Waals surface area contributed by atoms with Crippen molar-refractivity contribution < 1.29 is 18.0 Å². The van der Waals surface area contributed by atoms with E-state index in [-0.39, 0.29) is 17.3 Å². The maximum Gasteiger partial charge on any atom is 0.391 e. The number of halogens is 3. The van der Waals surface area contributed by atoms with Crippen LogP contribution >= 0.6 is 0 Å². The van der Waals surface area contributed by atoms with Crippen molar-refractivity contribution in [3.05, 3.63) is 0 Å². The van der Waals surface area contributed by atoms with Crippen LogP contribution in [-0.4, -0.2) is 12.0 Å². The van der Waals surface area contributed by atoms with Crippen LogP contribution in [0.2, 0.25) is 0 Å². The lowest BCUT2D eigenvalue weighted by Gasteiger charge is -2.57. The molecule has 0 aliphatic heterocycles. The van der Waals surface area contributed by atoms with Crippen LogP contribution in [0, 0.1) is 52.8 Å². The number of Topliss-reactive ketones (excluding diaryl/α,β-unsaturated/α-hetero) is 1. The Morgan fingerprint density at radius 2 is 1.57 bits per heavy atom. The SMILES string of the molecule is CC.CC(=O)C1CC(C)C2C3CCC4CC(C(F)(F)F)CC[C@@H]4C3CCC12C. The topological polar surface area (TPSA) is 17.1 Å². The maximum atomic E-state index is 13.2. The first-order valence-corrected chi connectivity index (χ1v) is 11.7. The summed E-state index contributed by atoms with van der Waals surface area (Å²) in [5, 5.41) is 0. The van der Waals surface area contributed by atoms with Crippen LogP contribution in [0.4, 0.5) is 13.2 Å². The van der Waals surface area contributed by atoms with Crippen LogP contribution in [0.1, 0.15) is 86.0 Å². The van der Waals surface area contributed by atoms with Crippen LogP contribution in [0.25, 0.3) is 0 Å². The number of carbonyl (C=O) groups is 1. The minimum absolute atomic E-state index is 0.127. The Kier molecular flexibility index (Phi) is 6.29. The van der Waals surface area contributed by atoms with Gasteiger partial charge < -0.3 is 0 Å². The molecule has 4 fully saturated rings. The third-order valence-electron chi connectivity index (χ3n) is 9.22. The van der Waals surface area contributed by atoms with Crippen LogP contribution in [0.3, 0.4) is 0 Å². The molecule has 4 heteroatoms. The highest BCUT2D eigenvalue weighted by molar-refractivity contribution is 5.79. The molecule has 0 aromatic carbocycles. The molecule has 4 aliphatic rings. The second kappa shape index (κ2) is 7.95. The lowest BCUT2D eigenvalue weighted by atomic mass is 9.48. The van der Waals surface area contributed by atoms with Gasteiger partial charge in [-0.2, -0.15) is 13.2 Å². The molecule has 0 heterocycles. The van der Waals surface area contributed by atoms with Crippen molar-refractivity contribution in [2.24, 2.45) is 52.8 Å². The molecule has 162 valence electrons. The van der Waals surface area contributed by atoms with E-state index in [4.69, 9.17) is 0 Å². The smallest absolute Gasteiger partial charge is 0.300 e. The molecule has 4 rings (SSSR count). The molecule has 0 radical (unpaired) electrons. The van der Waals surface area contributed by atoms with Gasteiger partial charge in [-0.1, -0.05) is 27.7 Å². The third kappa shape index (κ3) is 3.55. The van der Waals surface area contributed by atoms with Crippen LogP contribution < -0.4 is 0 Å². The minimum Gasteiger partial charge on any atom is -0.300 e. The zero-order chi connectivity index (χ0) is 20.9. The molecule has 0 N–H and O–H groups in total. The van der Waals surface area contributed by atoms with E-state index in [1.54, 1.807) is 6.92 Å². The molecule has 0 aromatic heterocycles. The minimum atomic E-state index is -4.01. The van der Waals surface area contributed by atoms with Gasteiger partial charge in [-0.25, -0.2) is 0 Å². The summed E-state index contributed by atoms with van der Waals surface area (Å²) in [6.07, 6.45) is 2.77. The predicted octanol–water partition coefficient (Wildman–Crippen LogP) is 7.29. The molecule has 0 bridgehead atoms. The lowest BCUT2D eigenvalue weighted by molar-refractivity contribution is -0.196. The molecule has 0 spiro atoms. The van der Waals surface area contributed by atoms with Crippen LogP contribution in [0.5, 0.6) is 0 Å². The first-order chi connectivity index (χ1) is 13.1. The highest BCUT2D eigenvalue weighted by atomic mass is 19.4. The van der Waals surface area contributed by atoms with Crippen molar-refractivity contribution in [3.8, 4) is 0 Å². The van der Waals surface area contributed by atoms with Crippen molar-refractivity contribution in [2.75, 3.05) is 0 Å². The molecule has 4 saturated carbocycles. The summed E-state index contributed by atoms with van der Waals surface area (Å²) in [6, 6.07) is 0. The molecular weight excluding hydrogens is 361 g/mol. The largest absolute Gasteiger partial charge is 0.391 e. The van der Waals surface area contributed by atoms with Gasteiger partial charge >= 0.3 is 6.18 Å². The summed E-state index contributed by atoms with van der Waals surface area (Å²) in [5.74, 6) is 2.66. The molecule has 4 aliphatic carbocycles. The highest BCUT2D eigenvalue weighted by Gasteiger charge is 2.60. The molecule has 0 amide bonds. The second-order valence-electron chi connectivity index (χ2n) is 10.3. The van der Waals surface area contributed by atoms with E-state index < -0.39 is 12.1 Å².